The van der Waals surface area contributed by atoms with Crippen LogP contribution < -0.4 is 5.32 Å². The number of hydrogen-bond acceptors (Lipinski definition) is 4. The lowest BCUT2D eigenvalue weighted by atomic mass is 10.1. The highest BCUT2D eigenvalue weighted by Crippen LogP contribution is 2.20. The lowest BCUT2D eigenvalue weighted by Crippen LogP contribution is -2.35. The third kappa shape index (κ3) is 4.91. The van der Waals surface area contributed by atoms with Crippen LogP contribution in [0.15, 0.2) is 6.20 Å². The summed E-state index contributed by atoms with van der Waals surface area (Å²) in [5.74, 6) is -1.01. The first-order valence-corrected chi connectivity index (χ1v) is 6.30. The summed E-state index contributed by atoms with van der Waals surface area (Å²) in [5.41, 5.74) is 0.706. The van der Waals surface area contributed by atoms with E-state index in [-0.39, 0.29) is 6.42 Å². The van der Waals surface area contributed by atoms with Crippen LogP contribution in [0.25, 0.3) is 0 Å². The van der Waals surface area contributed by atoms with Gasteiger partial charge in [-0.2, -0.15) is 5.10 Å². The monoisotopic (exact) mass is 283 g/mol. The average molecular weight is 283 g/mol. The lowest BCUT2D eigenvalue weighted by Gasteiger charge is -2.22. The topological polar surface area (TPSA) is 93.5 Å². The number of nitrogens with zero attached hydrogens (tertiary/aromatic N) is 2. The number of carboxylic acids is 1. The summed E-state index contributed by atoms with van der Waals surface area (Å²) in [6.45, 7) is 7.00. The molecular formula is C13H21N3O4. The molecule has 1 atom stereocenters. The molecule has 0 fully saturated rings. The maximum absolute atomic E-state index is 11.8. The highest BCUT2D eigenvalue weighted by molar-refractivity contribution is 5.72. The molecule has 1 heterocycles. The molecule has 0 bridgehead atoms. The Bertz CT molecular complexity index is 502. The Balaban J connectivity index is 2.88. The standard InChI is InChI=1S/C13H21N3O4/c1-8-9(7-16(5)15-8)10(6-11(17)18)14-12(19)20-13(2,3)4/h7,10H,6H2,1-5H3,(H,14,19)(H,17,18)/t10-/m0/s1. The molecule has 2 N–H and O–H groups in total. The van der Waals surface area contributed by atoms with E-state index in [4.69, 9.17) is 9.84 Å². The molecule has 112 valence electrons. The number of aliphatic carboxylic acids is 1. The van der Waals surface area contributed by atoms with Gasteiger partial charge in [0.15, 0.2) is 0 Å². The van der Waals surface area contributed by atoms with Gasteiger partial charge in [-0.3, -0.25) is 9.48 Å². The van der Waals surface area contributed by atoms with Gasteiger partial charge in [0, 0.05) is 18.8 Å². The molecule has 0 aliphatic rings. The lowest BCUT2D eigenvalue weighted by molar-refractivity contribution is -0.137. The van der Waals surface area contributed by atoms with Gasteiger partial charge in [-0.25, -0.2) is 4.79 Å². The second-order valence-corrected chi connectivity index (χ2v) is 5.64. The first kappa shape index (κ1) is 16.0. The molecule has 0 radical (unpaired) electrons. The van der Waals surface area contributed by atoms with Crippen molar-refractivity contribution in [2.75, 3.05) is 0 Å². The van der Waals surface area contributed by atoms with Crippen LogP contribution in [0.2, 0.25) is 0 Å². The van der Waals surface area contributed by atoms with Gasteiger partial charge in [0.05, 0.1) is 18.2 Å². The molecule has 0 aromatic carbocycles. The third-order valence-corrected chi connectivity index (χ3v) is 2.50. The van der Waals surface area contributed by atoms with Crippen molar-refractivity contribution in [3.8, 4) is 0 Å². The number of rotatable bonds is 4. The summed E-state index contributed by atoms with van der Waals surface area (Å²) in [6.07, 6.45) is 0.818. The van der Waals surface area contributed by atoms with Crippen molar-refractivity contribution >= 4 is 12.1 Å². The van der Waals surface area contributed by atoms with E-state index < -0.39 is 23.7 Å². The number of carbonyl (C=O) groups excluding carboxylic acids is 1. The third-order valence-electron chi connectivity index (χ3n) is 2.50. The quantitative estimate of drug-likeness (QED) is 0.878. The molecule has 7 heteroatoms. The van der Waals surface area contributed by atoms with Gasteiger partial charge in [0.2, 0.25) is 0 Å². The summed E-state index contributed by atoms with van der Waals surface area (Å²) >= 11 is 0. The Hall–Kier alpha value is -2.05. The number of amides is 1. The van der Waals surface area contributed by atoms with E-state index in [2.05, 4.69) is 10.4 Å². The average Bonchev–Trinajstić information content (AvgIpc) is 2.53. The Morgan fingerprint density at radius 1 is 1.50 bits per heavy atom. The maximum Gasteiger partial charge on any atom is 0.408 e. The molecule has 1 amide bonds. The van der Waals surface area contributed by atoms with E-state index in [0.717, 1.165) is 0 Å². The van der Waals surface area contributed by atoms with E-state index in [1.54, 1.807) is 45.6 Å². The summed E-state index contributed by atoms with van der Waals surface area (Å²) in [4.78, 5) is 22.7. The van der Waals surface area contributed by atoms with Crippen LogP contribution in [0.1, 0.15) is 44.5 Å². The van der Waals surface area contributed by atoms with Gasteiger partial charge < -0.3 is 15.2 Å². The number of aryl methyl sites for hydroxylation is 2. The molecule has 0 saturated carbocycles. The maximum atomic E-state index is 11.8. The first-order chi connectivity index (χ1) is 9.08. The molecule has 1 aromatic rings. The molecule has 1 rings (SSSR count). The van der Waals surface area contributed by atoms with Gasteiger partial charge in [-0.15, -0.1) is 0 Å². The Morgan fingerprint density at radius 3 is 2.50 bits per heavy atom. The minimum absolute atomic E-state index is 0.230. The van der Waals surface area contributed by atoms with Gasteiger partial charge in [0.1, 0.15) is 5.60 Å². The Morgan fingerprint density at radius 2 is 2.10 bits per heavy atom. The van der Waals surface area contributed by atoms with E-state index in [1.807, 2.05) is 0 Å². The molecule has 0 spiro atoms. The summed E-state index contributed by atoms with van der Waals surface area (Å²) < 4.78 is 6.73. The fraction of sp³-hybridized carbons (Fsp3) is 0.615. The van der Waals surface area contributed by atoms with E-state index in [0.29, 0.717) is 11.3 Å². The second kappa shape index (κ2) is 5.94. The van der Waals surface area contributed by atoms with Crippen LogP contribution in [-0.2, 0) is 16.6 Å². The fourth-order valence-corrected chi connectivity index (χ4v) is 1.82. The molecule has 0 aliphatic carbocycles. The van der Waals surface area contributed by atoms with Crippen molar-refractivity contribution in [1.29, 1.82) is 0 Å². The molecule has 1 aromatic heterocycles. The summed E-state index contributed by atoms with van der Waals surface area (Å²) in [7, 11) is 1.74. The van der Waals surface area contributed by atoms with Crippen LogP contribution in [0, 0.1) is 6.92 Å². The Labute approximate surface area is 117 Å². The minimum Gasteiger partial charge on any atom is -0.481 e. The van der Waals surface area contributed by atoms with Gasteiger partial charge in [0.25, 0.3) is 0 Å². The van der Waals surface area contributed by atoms with Crippen LogP contribution in [0.5, 0.6) is 0 Å². The number of hydrogen-bond donors (Lipinski definition) is 2. The largest absolute Gasteiger partial charge is 0.481 e. The van der Waals surface area contributed by atoms with E-state index in [9.17, 15) is 9.59 Å². The van der Waals surface area contributed by atoms with Crippen molar-refractivity contribution < 1.29 is 19.4 Å². The zero-order chi connectivity index (χ0) is 15.5. The van der Waals surface area contributed by atoms with Crippen molar-refractivity contribution in [2.24, 2.45) is 7.05 Å². The number of alkyl carbamates (subject to hydrolysis) is 1. The van der Waals surface area contributed by atoms with Crippen molar-refractivity contribution in [3.63, 3.8) is 0 Å². The number of carbonyl (C=O) groups is 2. The second-order valence-electron chi connectivity index (χ2n) is 5.64. The van der Waals surface area contributed by atoms with E-state index in [1.165, 1.54) is 0 Å². The van der Waals surface area contributed by atoms with Crippen molar-refractivity contribution in [3.05, 3.63) is 17.5 Å². The zero-order valence-electron chi connectivity index (χ0n) is 12.4. The fourth-order valence-electron chi connectivity index (χ4n) is 1.82. The van der Waals surface area contributed by atoms with Crippen LogP contribution in [0.4, 0.5) is 4.79 Å². The molecule has 0 unspecified atom stereocenters. The predicted octanol–water partition coefficient (Wildman–Crippen LogP) is 1.77. The van der Waals surface area contributed by atoms with Crippen LogP contribution in [-0.4, -0.2) is 32.6 Å². The SMILES string of the molecule is Cc1nn(C)cc1[C@H](CC(=O)O)NC(=O)OC(C)(C)C. The van der Waals surface area contributed by atoms with Crippen LogP contribution in [0.3, 0.4) is 0 Å². The number of nitrogens with one attached hydrogen (secondary N) is 1. The van der Waals surface area contributed by atoms with E-state index >= 15 is 0 Å². The molecule has 0 saturated heterocycles. The minimum atomic E-state index is -1.01. The van der Waals surface area contributed by atoms with Gasteiger partial charge in [-0.1, -0.05) is 0 Å². The highest BCUT2D eigenvalue weighted by Gasteiger charge is 2.24. The molecule has 7 nitrogen and oxygen atoms in total. The van der Waals surface area contributed by atoms with Crippen LogP contribution >= 0.6 is 0 Å². The normalized spacial score (nSPS) is 12.8. The van der Waals surface area contributed by atoms with Gasteiger partial charge >= 0.3 is 12.1 Å². The summed E-state index contributed by atoms with van der Waals surface area (Å²) in [5, 5.41) is 15.7. The first-order valence-electron chi connectivity index (χ1n) is 6.30. The zero-order valence-corrected chi connectivity index (χ0v) is 12.4. The summed E-state index contributed by atoms with van der Waals surface area (Å²) in [6, 6.07) is -0.670. The predicted molar refractivity (Wildman–Crippen MR) is 72.3 cm³/mol. The van der Waals surface area contributed by atoms with Crippen molar-refractivity contribution in [2.45, 2.75) is 45.8 Å². The molecule has 0 aliphatic heterocycles. The molecular weight excluding hydrogens is 262 g/mol. The Kier molecular flexibility index (Phi) is 4.75. The number of carboxylic acid groups (broad SMARTS) is 1. The number of ether oxygens (including phenoxy) is 1. The smallest absolute Gasteiger partial charge is 0.408 e. The van der Waals surface area contributed by atoms with Gasteiger partial charge in [-0.05, 0) is 27.7 Å². The molecule has 20 heavy (non-hydrogen) atoms. The van der Waals surface area contributed by atoms with Crippen molar-refractivity contribution in [1.82, 2.24) is 15.1 Å². The number of aromatic nitrogens is 2. The highest BCUT2D eigenvalue weighted by atomic mass is 16.6.